The van der Waals surface area contributed by atoms with Crippen LogP contribution in [-0.2, 0) is 9.53 Å². The topological polar surface area (TPSA) is 64.3 Å². The van der Waals surface area contributed by atoms with E-state index in [4.69, 9.17) is 10.5 Å². The van der Waals surface area contributed by atoms with Crippen molar-refractivity contribution in [2.24, 2.45) is 5.73 Å². The van der Waals surface area contributed by atoms with Gasteiger partial charge in [-0.25, -0.2) is 0 Å². The molecule has 0 rings (SSSR count). The Bertz CT molecular complexity index is 160. The average molecular weight is 202 g/mol. The number of nitrogens with one attached hydrogen (secondary N) is 1. The lowest BCUT2D eigenvalue weighted by atomic mass is 10.1. The van der Waals surface area contributed by atoms with Crippen LogP contribution in [0.4, 0.5) is 0 Å². The van der Waals surface area contributed by atoms with E-state index in [1.165, 1.54) is 0 Å². The molecule has 0 spiro atoms. The molecule has 0 aromatic carbocycles. The molecule has 0 aliphatic heterocycles. The van der Waals surface area contributed by atoms with Gasteiger partial charge < -0.3 is 15.8 Å². The normalized spacial score (nSPS) is 14.9. The van der Waals surface area contributed by atoms with Gasteiger partial charge in [0.15, 0.2) is 0 Å². The highest BCUT2D eigenvalue weighted by molar-refractivity contribution is 5.76. The molecule has 0 aromatic heterocycles. The van der Waals surface area contributed by atoms with E-state index in [-0.39, 0.29) is 18.0 Å². The first-order chi connectivity index (χ1) is 6.56. The summed E-state index contributed by atoms with van der Waals surface area (Å²) in [6, 6.07) is 0.286. The minimum Gasteiger partial charge on any atom is -0.385 e. The number of methoxy groups -OCH3 is 1. The molecule has 0 saturated heterocycles. The van der Waals surface area contributed by atoms with Crippen molar-refractivity contribution in [3.8, 4) is 0 Å². The fourth-order valence-electron chi connectivity index (χ4n) is 1.34. The fraction of sp³-hybridized carbons (Fsp3) is 0.900. The smallest absolute Gasteiger partial charge is 0.220 e. The molecule has 2 atom stereocenters. The Morgan fingerprint density at radius 2 is 2.14 bits per heavy atom. The van der Waals surface area contributed by atoms with Gasteiger partial charge >= 0.3 is 0 Å². The number of hydrogen-bond acceptors (Lipinski definition) is 3. The second-order valence-electron chi connectivity index (χ2n) is 3.78. The highest BCUT2D eigenvalue weighted by Crippen LogP contribution is 1.96. The van der Waals surface area contributed by atoms with Gasteiger partial charge in [-0.05, 0) is 26.7 Å². The summed E-state index contributed by atoms with van der Waals surface area (Å²) in [5, 5.41) is 2.90. The molecule has 3 N–H and O–H groups in total. The van der Waals surface area contributed by atoms with Gasteiger partial charge in [-0.3, -0.25) is 4.79 Å². The Hall–Kier alpha value is -0.610. The van der Waals surface area contributed by atoms with Crippen LogP contribution >= 0.6 is 0 Å². The highest BCUT2D eigenvalue weighted by atomic mass is 16.5. The zero-order chi connectivity index (χ0) is 11.0. The maximum Gasteiger partial charge on any atom is 0.220 e. The van der Waals surface area contributed by atoms with E-state index in [2.05, 4.69) is 5.32 Å². The van der Waals surface area contributed by atoms with Crippen molar-refractivity contribution >= 4 is 5.91 Å². The van der Waals surface area contributed by atoms with Crippen molar-refractivity contribution in [1.29, 1.82) is 0 Å². The number of carbonyl (C=O) groups excluding carboxylic acids is 1. The molecule has 0 bridgehead atoms. The Balaban J connectivity index is 3.50. The van der Waals surface area contributed by atoms with Gasteiger partial charge in [0.2, 0.25) is 5.91 Å². The molecule has 0 saturated carbocycles. The quantitative estimate of drug-likeness (QED) is 0.596. The van der Waals surface area contributed by atoms with Gasteiger partial charge in [0, 0.05) is 32.2 Å². The summed E-state index contributed by atoms with van der Waals surface area (Å²) in [6.07, 6.45) is 2.11. The molecular formula is C10H22N2O2. The first-order valence-electron chi connectivity index (χ1n) is 5.10. The van der Waals surface area contributed by atoms with Crippen LogP contribution < -0.4 is 11.1 Å². The molecule has 4 heteroatoms. The molecule has 1 amide bonds. The fourth-order valence-corrected chi connectivity index (χ4v) is 1.34. The van der Waals surface area contributed by atoms with E-state index < -0.39 is 0 Å². The molecule has 14 heavy (non-hydrogen) atoms. The Labute approximate surface area is 86.2 Å². The largest absolute Gasteiger partial charge is 0.385 e. The van der Waals surface area contributed by atoms with Gasteiger partial charge in [0.25, 0.3) is 0 Å². The first kappa shape index (κ1) is 13.4. The van der Waals surface area contributed by atoms with Gasteiger partial charge in [-0.2, -0.15) is 0 Å². The SMILES string of the molecule is COCCCC(=O)NC(C)CC(C)N. The van der Waals surface area contributed by atoms with Crippen molar-refractivity contribution in [1.82, 2.24) is 5.32 Å². The van der Waals surface area contributed by atoms with Crippen molar-refractivity contribution in [2.45, 2.75) is 45.2 Å². The third-order valence-electron chi connectivity index (χ3n) is 1.89. The molecule has 0 radical (unpaired) electrons. The van der Waals surface area contributed by atoms with Gasteiger partial charge in [-0.1, -0.05) is 0 Å². The Morgan fingerprint density at radius 3 is 2.64 bits per heavy atom. The molecule has 0 heterocycles. The van der Waals surface area contributed by atoms with E-state index in [1.54, 1.807) is 7.11 Å². The molecule has 0 aliphatic carbocycles. The number of carbonyl (C=O) groups is 1. The van der Waals surface area contributed by atoms with Crippen LogP contribution in [0.2, 0.25) is 0 Å². The van der Waals surface area contributed by atoms with Gasteiger partial charge in [0.1, 0.15) is 0 Å². The Morgan fingerprint density at radius 1 is 1.50 bits per heavy atom. The van der Waals surface area contributed by atoms with Crippen LogP contribution in [0.5, 0.6) is 0 Å². The molecule has 4 nitrogen and oxygen atoms in total. The van der Waals surface area contributed by atoms with Crippen molar-refractivity contribution in [3.63, 3.8) is 0 Å². The second-order valence-corrected chi connectivity index (χ2v) is 3.78. The summed E-state index contributed by atoms with van der Waals surface area (Å²) in [5.41, 5.74) is 5.62. The lowest BCUT2D eigenvalue weighted by Crippen LogP contribution is -2.36. The molecule has 0 fully saturated rings. The number of hydrogen-bond donors (Lipinski definition) is 2. The number of amides is 1. The summed E-state index contributed by atoms with van der Waals surface area (Å²) in [6.45, 7) is 4.54. The van der Waals surface area contributed by atoms with Crippen molar-refractivity contribution < 1.29 is 9.53 Å². The predicted molar refractivity (Wildman–Crippen MR) is 57.0 cm³/mol. The molecular weight excluding hydrogens is 180 g/mol. The third-order valence-corrected chi connectivity index (χ3v) is 1.89. The summed E-state index contributed by atoms with van der Waals surface area (Å²) in [5.74, 6) is 0.0789. The van der Waals surface area contributed by atoms with Crippen molar-refractivity contribution in [3.05, 3.63) is 0 Å². The number of rotatable bonds is 7. The number of nitrogens with two attached hydrogens (primary N) is 1. The molecule has 2 unspecified atom stereocenters. The average Bonchev–Trinajstić information content (AvgIpc) is 2.02. The summed E-state index contributed by atoms with van der Waals surface area (Å²) < 4.78 is 4.86. The van der Waals surface area contributed by atoms with E-state index in [0.29, 0.717) is 13.0 Å². The molecule has 84 valence electrons. The second kappa shape index (κ2) is 7.76. The van der Waals surface area contributed by atoms with Crippen molar-refractivity contribution in [2.75, 3.05) is 13.7 Å². The summed E-state index contributed by atoms with van der Waals surface area (Å²) in [4.78, 5) is 11.3. The summed E-state index contributed by atoms with van der Waals surface area (Å²) in [7, 11) is 1.64. The molecule has 0 aromatic rings. The zero-order valence-electron chi connectivity index (χ0n) is 9.38. The molecule has 0 aliphatic rings. The minimum absolute atomic E-state index is 0.0789. The standard InChI is InChI=1S/C10H22N2O2/c1-8(11)7-9(2)12-10(13)5-4-6-14-3/h8-9H,4-7,11H2,1-3H3,(H,12,13). The van der Waals surface area contributed by atoms with E-state index in [0.717, 1.165) is 12.8 Å². The predicted octanol–water partition coefficient (Wildman–Crippen LogP) is 0.655. The Kier molecular flexibility index (Phi) is 7.42. The van der Waals surface area contributed by atoms with Crippen LogP contribution in [0.25, 0.3) is 0 Å². The van der Waals surface area contributed by atoms with Crippen LogP contribution in [0.1, 0.15) is 33.1 Å². The number of ether oxygens (including phenoxy) is 1. The monoisotopic (exact) mass is 202 g/mol. The highest BCUT2D eigenvalue weighted by Gasteiger charge is 2.08. The lowest BCUT2D eigenvalue weighted by molar-refractivity contribution is -0.122. The van der Waals surface area contributed by atoms with Crippen LogP contribution in [0, 0.1) is 0 Å². The zero-order valence-corrected chi connectivity index (χ0v) is 9.38. The summed E-state index contributed by atoms with van der Waals surface area (Å²) >= 11 is 0. The minimum atomic E-state index is 0.0789. The van der Waals surface area contributed by atoms with E-state index in [9.17, 15) is 4.79 Å². The lowest BCUT2D eigenvalue weighted by Gasteiger charge is -2.15. The van der Waals surface area contributed by atoms with E-state index >= 15 is 0 Å². The maximum atomic E-state index is 11.3. The maximum absolute atomic E-state index is 11.3. The third kappa shape index (κ3) is 8.01. The van der Waals surface area contributed by atoms with E-state index in [1.807, 2.05) is 13.8 Å². The van der Waals surface area contributed by atoms with Crippen LogP contribution in [-0.4, -0.2) is 31.7 Å². The van der Waals surface area contributed by atoms with Crippen LogP contribution in [0.15, 0.2) is 0 Å². The van der Waals surface area contributed by atoms with Crippen LogP contribution in [0.3, 0.4) is 0 Å². The van der Waals surface area contributed by atoms with Gasteiger partial charge in [0.05, 0.1) is 0 Å². The first-order valence-corrected chi connectivity index (χ1v) is 5.10. The van der Waals surface area contributed by atoms with Gasteiger partial charge in [-0.15, -0.1) is 0 Å².